The summed E-state index contributed by atoms with van der Waals surface area (Å²) in [6.07, 6.45) is 4.11. The van der Waals surface area contributed by atoms with Gasteiger partial charge in [0.2, 0.25) is 0 Å². The van der Waals surface area contributed by atoms with Crippen LogP contribution in [-0.2, 0) is 7.05 Å². The third-order valence-electron chi connectivity index (χ3n) is 3.00. The summed E-state index contributed by atoms with van der Waals surface area (Å²) in [6, 6.07) is 0. The average Bonchev–Trinajstić information content (AvgIpc) is 2.56. The van der Waals surface area contributed by atoms with E-state index in [1.807, 2.05) is 17.9 Å². The van der Waals surface area contributed by atoms with E-state index < -0.39 is 0 Å². The summed E-state index contributed by atoms with van der Waals surface area (Å²) in [5, 5.41) is 7.65. The van der Waals surface area contributed by atoms with E-state index in [1.54, 1.807) is 0 Å². The highest BCUT2D eigenvalue weighted by molar-refractivity contribution is 5.18. The number of nitrogens with one attached hydrogen (secondary N) is 1. The molecule has 1 atom stereocenters. The third kappa shape index (κ3) is 1.48. The normalized spacial score (nSPS) is 26.5. The topological polar surface area (TPSA) is 29.9 Å². The summed E-state index contributed by atoms with van der Waals surface area (Å²) in [6.45, 7) is 6.81. The van der Waals surface area contributed by atoms with Crippen molar-refractivity contribution in [1.29, 1.82) is 0 Å². The molecule has 0 aliphatic carbocycles. The molecule has 13 heavy (non-hydrogen) atoms. The first-order valence-electron chi connectivity index (χ1n) is 4.79. The molecule has 0 bridgehead atoms. The molecule has 1 aliphatic heterocycles. The first-order chi connectivity index (χ1) is 6.09. The molecule has 0 saturated carbocycles. The quantitative estimate of drug-likeness (QED) is 0.700. The van der Waals surface area contributed by atoms with Gasteiger partial charge < -0.3 is 5.32 Å². The molecule has 3 heteroatoms. The van der Waals surface area contributed by atoms with Crippen LogP contribution in [0.3, 0.4) is 0 Å². The maximum atomic E-state index is 4.22. The van der Waals surface area contributed by atoms with Crippen LogP contribution in [0.2, 0.25) is 0 Å². The van der Waals surface area contributed by atoms with Gasteiger partial charge in [-0.05, 0) is 11.0 Å². The fourth-order valence-corrected chi connectivity index (χ4v) is 2.13. The van der Waals surface area contributed by atoms with Crippen LogP contribution in [0.5, 0.6) is 0 Å². The van der Waals surface area contributed by atoms with Crippen LogP contribution < -0.4 is 5.32 Å². The number of nitrogens with zero attached hydrogens (tertiary/aromatic N) is 2. The zero-order valence-electron chi connectivity index (χ0n) is 8.54. The van der Waals surface area contributed by atoms with Crippen molar-refractivity contribution >= 4 is 0 Å². The Bertz CT molecular complexity index is 301. The highest BCUT2D eigenvalue weighted by atomic mass is 15.2. The van der Waals surface area contributed by atoms with E-state index in [4.69, 9.17) is 0 Å². The maximum Gasteiger partial charge on any atom is 0.0525 e. The number of rotatable bonds is 1. The highest BCUT2D eigenvalue weighted by Gasteiger charge is 2.35. The van der Waals surface area contributed by atoms with Crippen LogP contribution in [0, 0.1) is 5.41 Å². The molecule has 1 fully saturated rings. The van der Waals surface area contributed by atoms with E-state index in [0.717, 1.165) is 13.1 Å². The lowest BCUT2D eigenvalue weighted by atomic mass is 9.79. The van der Waals surface area contributed by atoms with Gasteiger partial charge in [0, 0.05) is 32.3 Å². The molecule has 72 valence electrons. The Kier molecular flexibility index (Phi) is 1.91. The Morgan fingerprint density at radius 3 is 2.85 bits per heavy atom. The Balaban J connectivity index is 2.26. The van der Waals surface area contributed by atoms with Gasteiger partial charge in [-0.15, -0.1) is 0 Å². The minimum absolute atomic E-state index is 0.364. The predicted molar refractivity (Wildman–Crippen MR) is 52.6 cm³/mol. The van der Waals surface area contributed by atoms with E-state index >= 15 is 0 Å². The van der Waals surface area contributed by atoms with Crippen LogP contribution in [-0.4, -0.2) is 22.9 Å². The lowest BCUT2D eigenvalue weighted by molar-refractivity contribution is 0.363. The van der Waals surface area contributed by atoms with Crippen molar-refractivity contribution in [3.63, 3.8) is 0 Å². The minimum atomic E-state index is 0.364. The molecule has 2 rings (SSSR count). The summed E-state index contributed by atoms with van der Waals surface area (Å²) in [5.74, 6) is 0.612. The van der Waals surface area contributed by atoms with Crippen LogP contribution in [0.4, 0.5) is 0 Å². The summed E-state index contributed by atoms with van der Waals surface area (Å²) in [5.41, 5.74) is 1.72. The van der Waals surface area contributed by atoms with E-state index in [-0.39, 0.29) is 0 Å². The molecule has 1 aromatic rings. The Hall–Kier alpha value is -0.830. The summed E-state index contributed by atoms with van der Waals surface area (Å²) in [4.78, 5) is 0. The Labute approximate surface area is 79.1 Å². The van der Waals surface area contributed by atoms with Crippen LogP contribution in [0.25, 0.3) is 0 Å². The second-order valence-corrected chi connectivity index (χ2v) is 4.62. The van der Waals surface area contributed by atoms with Crippen molar-refractivity contribution in [2.75, 3.05) is 13.1 Å². The molecule has 3 nitrogen and oxygen atoms in total. The molecular weight excluding hydrogens is 162 g/mol. The van der Waals surface area contributed by atoms with Gasteiger partial charge in [-0.2, -0.15) is 5.10 Å². The monoisotopic (exact) mass is 179 g/mol. The van der Waals surface area contributed by atoms with Gasteiger partial charge in [0.15, 0.2) is 0 Å². The fraction of sp³-hybridized carbons (Fsp3) is 0.700. The number of aryl methyl sites for hydroxylation is 1. The smallest absolute Gasteiger partial charge is 0.0525 e. The molecule has 0 radical (unpaired) electrons. The van der Waals surface area contributed by atoms with Crippen molar-refractivity contribution in [2.45, 2.75) is 19.8 Å². The molecular formula is C10H17N3. The summed E-state index contributed by atoms with van der Waals surface area (Å²) >= 11 is 0. The van der Waals surface area contributed by atoms with Crippen molar-refractivity contribution in [1.82, 2.24) is 15.1 Å². The van der Waals surface area contributed by atoms with Gasteiger partial charge in [0.25, 0.3) is 0 Å². The minimum Gasteiger partial charge on any atom is -0.316 e. The lowest BCUT2D eigenvalue weighted by Crippen LogP contribution is -2.20. The molecule has 1 aromatic heterocycles. The molecule has 1 aliphatic rings. The van der Waals surface area contributed by atoms with Crippen molar-refractivity contribution in [3.8, 4) is 0 Å². The van der Waals surface area contributed by atoms with Gasteiger partial charge in [0.1, 0.15) is 0 Å². The number of hydrogen-bond donors (Lipinski definition) is 1. The molecule has 1 N–H and O–H groups in total. The second-order valence-electron chi connectivity index (χ2n) is 4.62. The number of hydrogen-bond acceptors (Lipinski definition) is 2. The number of aromatic nitrogens is 2. The van der Waals surface area contributed by atoms with Crippen molar-refractivity contribution in [3.05, 3.63) is 18.0 Å². The molecule has 2 heterocycles. The fourth-order valence-electron chi connectivity index (χ4n) is 2.13. The van der Waals surface area contributed by atoms with Crippen molar-refractivity contribution < 1.29 is 0 Å². The molecule has 1 saturated heterocycles. The van der Waals surface area contributed by atoms with E-state index in [1.165, 1.54) is 5.56 Å². The third-order valence-corrected chi connectivity index (χ3v) is 3.00. The first-order valence-corrected chi connectivity index (χ1v) is 4.79. The van der Waals surface area contributed by atoms with Gasteiger partial charge >= 0.3 is 0 Å². The highest BCUT2D eigenvalue weighted by Crippen LogP contribution is 2.37. The van der Waals surface area contributed by atoms with Gasteiger partial charge in [0.05, 0.1) is 6.20 Å². The molecule has 0 unspecified atom stereocenters. The van der Waals surface area contributed by atoms with E-state index in [2.05, 4.69) is 30.5 Å². The average molecular weight is 179 g/mol. The van der Waals surface area contributed by atoms with E-state index in [9.17, 15) is 0 Å². The van der Waals surface area contributed by atoms with Gasteiger partial charge in [-0.25, -0.2) is 0 Å². The second kappa shape index (κ2) is 2.84. The van der Waals surface area contributed by atoms with E-state index in [0.29, 0.717) is 11.3 Å². The van der Waals surface area contributed by atoms with Gasteiger partial charge in [-0.3, -0.25) is 4.68 Å². The van der Waals surface area contributed by atoms with Crippen molar-refractivity contribution in [2.24, 2.45) is 12.5 Å². The van der Waals surface area contributed by atoms with Crippen LogP contribution in [0.1, 0.15) is 25.3 Å². The Morgan fingerprint density at radius 2 is 2.38 bits per heavy atom. The SMILES string of the molecule is Cn1cc([C@H]2CNCC2(C)C)cn1. The summed E-state index contributed by atoms with van der Waals surface area (Å²) in [7, 11) is 1.97. The summed E-state index contributed by atoms with van der Waals surface area (Å²) < 4.78 is 1.88. The van der Waals surface area contributed by atoms with Crippen LogP contribution >= 0.6 is 0 Å². The van der Waals surface area contributed by atoms with Gasteiger partial charge in [-0.1, -0.05) is 13.8 Å². The standard InChI is InChI=1S/C10H17N3/c1-10(2)7-11-5-9(10)8-4-12-13(3)6-8/h4,6,9,11H,5,7H2,1-3H3/t9-/m1/s1. The Morgan fingerprint density at radius 1 is 1.62 bits per heavy atom. The zero-order chi connectivity index (χ0) is 9.47. The molecule has 0 spiro atoms. The predicted octanol–water partition coefficient (Wildman–Crippen LogP) is 1.13. The molecule has 0 aromatic carbocycles. The zero-order valence-corrected chi connectivity index (χ0v) is 8.54. The van der Waals surface area contributed by atoms with Crippen LogP contribution in [0.15, 0.2) is 12.4 Å². The maximum absolute atomic E-state index is 4.22. The largest absolute Gasteiger partial charge is 0.316 e. The molecule has 0 amide bonds. The lowest BCUT2D eigenvalue weighted by Gasteiger charge is -2.24. The first kappa shape index (κ1) is 8.75.